The van der Waals surface area contributed by atoms with Crippen LogP contribution in [0.4, 0.5) is 4.79 Å². The lowest BCUT2D eigenvalue weighted by atomic mass is 9.91. The quantitative estimate of drug-likeness (QED) is 0.695. The molecule has 2 aromatic rings. The average molecular weight is 386 g/mol. The molecular formula is C20H26N4O4. The van der Waals surface area contributed by atoms with E-state index in [1.54, 1.807) is 12.1 Å². The molecule has 2 unspecified atom stereocenters. The highest BCUT2D eigenvalue weighted by Gasteiger charge is 2.32. The number of carbonyl (C=O) groups is 2. The van der Waals surface area contributed by atoms with Crippen LogP contribution in [0.1, 0.15) is 56.7 Å². The van der Waals surface area contributed by atoms with Gasteiger partial charge in [0.1, 0.15) is 23.5 Å². The highest BCUT2D eigenvalue weighted by Crippen LogP contribution is 2.31. The molecule has 2 aliphatic rings. The Morgan fingerprint density at radius 2 is 1.96 bits per heavy atom. The summed E-state index contributed by atoms with van der Waals surface area (Å²) < 4.78 is 10.8. The molecule has 2 heterocycles. The van der Waals surface area contributed by atoms with Crippen LogP contribution in [0.5, 0.6) is 5.75 Å². The van der Waals surface area contributed by atoms with Gasteiger partial charge in [-0.05, 0) is 57.2 Å². The number of imidazole rings is 1. The van der Waals surface area contributed by atoms with Crippen LogP contribution in [-0.2, 0) is 9.53 Å². The number of H-pyrrole nitrogens is 1. The van der Waals surface area contributed by atoms with Gasteiger partial charge >= 0.3 is 12.1 Å². The Balaban J connectivity index is 1.46. The molecule has 1 aromatic carbocycles. The van der Waals surface area contributed by atoms with E-state index < -0.39 is 6.09 Å². The second-order valence-corrected chi connectivity index (χ2v) is 7.62. The first-order chi connectivity index (χ1) is 13.6. The first-order valence-corrected chi connectivity index (χ1v) is 10.00. The smallest absolute Gasteiger partial charge is 0.410 e. The number of para-hydroxylation sites is 1. The second-order valence-electron chi connectivity index (χ2n) is 7.62. The molecule has 1 saturated carbocycles. The number of esters is 1. The van der Waals surface area contributed by atoms with Crippen LogP contribution < -0.4 is 15.8 Å². The fourth-order valence-corrected chi connectivity index (χ4v) is 4.18. The van der Waals surface area contributed by atoms with Gasteiger partial charge in [0.25, 0.3) is 0 Å². The first-order valence-electron chi connectivity index (χ1n) is 10.00. The minimum atomic E-state index is -0.871. The van der Waals surface area contributed by atoms with Crippen molar-refractivity contribution in [3.8, 4) is 5.75 Å². The van der Waals surface area contributed by atoms with Gasteiger partial charge in [0, 0.05) is 5.92 Å². The van der Waals surface area contributed by atoms with Gasteiger partial charge < -0.3 is 25.5 Å². The number of amides is 1. The normalized spacial score (nSPS) is 23.4. The lowest BCUT2D eigenvalue weighted by Gasteiger charge is -2.30. The van der Waals surface area contributed by atoms with E-state index in [1.165, 1.54) is 6.42 Å². The topological polar surface area (TPSA) is 119 Å². The number of aromatic nitrogens is 2. The Morgan fingerprint density at radius 1 is 1.14 bits per heavy atom. The van der Waals surface area contributed by atoms with Gasteiger partial charge in [-0.15, -0.1) is 0 Å². The van der Waals surface area contributed by atoms with Crippen molar-refractivity contribution in [2.24, 2.45) is 5.73 Å². The molecule has 0 spiro atoms. The number of nitrogens with one attached hydrogen (secondary N) is 2. The minimum Gasteiger partial charge on any atom is -0.461 e. The standard InChI is InChI=1S/C20H26N4O4/c21-20(26)28-16-8-4-7-14-17(16)24-18(23-14)12-9-10-22-15(11-12)19(25)27-13-5-2-1-3-6-13/h4,7-8,12-13,15,22H,1-3,5-6,9-11H2,(H2,21,26)(H,23,24). The van der Waals surface area contributed by atoms with Crippen LogP contribution in [-0.4, -0.2) is 40.7 Å². The number of aromatic amines is 1. The zero-order chi connectivity index (χ0) is 19.5. The van der Waals surface area contributed by atoms with Crippen molar-refractivity contribution in [1.29, 1.82) is 0 Å². The van der Waals surface area contributed by atoms with E-state index in [0.29, 0.717) is 17.7 Å². The number of hydrogen-bond acceptors (Lipinski definition) is 6. The number of carbonyl (C=O) groups excluding carboxylic acids is 2. The summed E-state index contributed by atoms with van der Waals surface area (Å²) in [6.07, 6.45) is 6.09. The van der Waals surface area contributed by atoms with E-state index in [4.69, 9.17) is 15.2 Å². The molecule has 1 saturated heterocycles. The molecule has 2 atom stereocenters. The van der Waals surface area contributed by atoms with Crippen molar-refractivity contribution in [3.05, 3.63) is 24.0 Å². The van der Waals surface area contributed by atoms with Gasteiger partial charge in [-0.1, -0.05) is 12.5 Å². The number of rotatable bonds is 4. The van der Waals surface area contributed by atoms with Crippen molar-refractivity contribution in [2.45, 2.75) is 63.0 Å². The molecule has 4 N–H and O–H groups in total. The van der Waals surface area contributed by atoms with Crippen LogP contribution >= 0.6 is 0 Å². The molecule has 4 rings (SSSR count). The van der Waals surface area contributed by atoms with Gasteiger partial charge in [0.05, 0.1) is 5.52 Å². The second kappa shape index (κ2) is 8.18. The van der Waals surface area contributed by atoms with E-state index in [1.807, 2.05) is 6.07 Å². The summed E-state index contributed by atoms with van der Waals surface area (Å²) in [5.74, 6) is 1.05. The Kier molecular flexibility index (Phi) is 5.47. The number of primary amides is 1. The molecule has 1 amide bonds. The number of nitrogens with zero attached hydrogens (tertiary/aromatic N) is 1. The van der Waals surface area contributed by atoms with Crippen LogP contribution in [0.15, 0.2) is 18.2 Å². The molecule has 28 heavy (non-hydrogen) atoms. The van der Waals surface area contributed by atoms with Crippen LogP contribution in [0.3, 0.4) is 0 Å². The Labute approximate surface area is 163 Å². The third-order valence-electron chi connectivity index (χ3n) is 5.61. The number of ether oxygens (including phenoxy) is 2. The van der Waals surface area contributed by atoms with Gasteiger partial charge in [0.15, 0.2) is 5.75 Å². The van der Waals surface area contributed by atoms with Gasteiger partial charge in [0.2, 0.25) is 0 Å². The summed E-state index contributed by atoms with van der Waals surface area (Å²) in [5.41, 5.74) is 6.47. The summed E-state index contributed by atoms with van der Waals surface area (Å²) in [7, 11) is 0. The molecular weight excluding hydrogens is 360 g/mol. The number of piperidine rings is 1. The van der Waals surface area contributed by atoms with Crippen LogP contribution in [0.25, 0.3) is 11.0 Å². The maximum absolute atomic E-state index is 12.6. The molecule has 1 aliphatic heterocycles. The van der Waals surface area contributed by atoms with Crippen molar-refractivity contribution in [2.75, 3.05) is 6.54 Å². The third-order valence-corrected chi connectivity index (χ3v) is 5.61. The lowest BCUT2D eigenvalue weighted by molar-refractivity contribution is -0.153. The predicted octanol–water partition coefficient (Wildman–Crippen LogP) is 2.73. The van der Waals surface area contributed by atoms with E-state index in [0.717, 1.165) is 50.0 Å². The Morgan fingerprint density at radius 3 is 2.75 bits per heavy atom. The highest BCUT2D eigenvalue weighted by molar-refractivity contribution is 5.84. The molecule has 0 bridgehead atoms. The van der Waals surface area contributed by atoms with E-state index >= 15 is 0 Å². The van der Waals surface area contributed by atoms with E-state index in [9.17, 15) is 9.59 Å². The van der Waals surface area contributed by atoms with Crippen molar-refractivity contribution in [3.63, 3.8) is 0 Å². The van der Waals surface area contributed by atoms with Crippen LogP contribution in [0.2, 0.25) is 0 Å². The maximum atomic E-state index is 12.6. The van der Waals surface area contributed by atoms with Gasteiger partial charge in [-0.2, -0.15) is 0 Å². The largest absolute Gasteiger partial charge is 0.461 e. The molecule has 8 heteroatoms. The van der Waals surface area contributed by atoms with E-state index in [2.05, 4.69) is 15.3 Å². The lowest BCUT2D eigenvalue weighted by Crippen LogP contribution is -2.45. The molecule has 150 valence electrons. The molecule has 2 fully saturated rings. The third kappa shape index (κ3) is 4.11. The number of benzene rings is 1. The van der Waals surface area contributed by atoms with Crippen molar-refractivity contribution < 1.29 is 19.1 Å². The minimum absolute atomic E-state index is 0.0585. The first kappa shape index (κ1) is 18.7. The summed E-state index contributed by atoms with van der Waals surface area (Å²) >= 11 is 0. The Hall–Kier alpha value is -2.61. The SMILES string of the molecule is NC(=O)Oc1cccc2[nH]c(C3CCNC(C(=O)OC4CCCCC4)C3)nc12. The Bertz CT molecular complexity index is 859. The van der Waals surface area contributed by atoms with Crippen molar-refractivity contribution in [1.82, 2.24) is 15.3 Å². The van der Waals surface area contributed by atoms with E-state index in [-0.39, 0.29) is 24.0 Å². The zero-order valence-electron chi connectivity index (χ0n) is 15.8. The number of hydrogen-bond donors (Lipinski definition) is 3. The molecule has 0 radical (unpaired) electrons. The maximum Gasteiger partial charge on any atom is 0.410 e. The summed E-state index contributed by atoms with van der Waals surface area (Å²) in [6, 6.07) is 4.98. The number of fused-ring (bicyclic) bond motifs is 1. The molecule has 8 nitrogen and oxygen atoms in total. The average Bonchev–Trinajstić information content (AvgIpc) is 3.14. The zero-order valence-corrected chi connectivity index (χ0v) is 15.8. The van der Waals surface area contributed by atoms with Crippen molar-refractivity contribution >= 4 is 23.1 Å². The fraction of sp³-hybridized carbons (Fsp3) is 0.550. The fourth-order valence-electron chi connectivity index (χ4n) is 4.18. The van der Waals surface area contributed by atoms with Crippen LogP contribution in [0, 0.1) is 0 Å². The molecule has 1 aromatic heterocycles. The summed E-state index contributed by atoms with van der Waals surface area (Å²) in [4.78, 5) is 31.6. The highest BCUT2D eigenvalue weighted by atomic mass is 16.6. The molecule has 1 aliphatic carbocycles. The number of nitrogens with two attached hydrogens (primary N) is 1. The monoisotopic (exact) mass is 386 g/mol. The summed E-state index contributed by atoms with van der Waals surface area (Å²) in [6.45, 7) is 0.719. The predicted molar refractivity (Wildman–Crippen MR) is 103 cm³/mol. The summed E-state index contributed by atoms with van der Waals surface area (Å²) in [5, 5.41) is 3.28. The van der Waals surface area contributed by atoms with Gasteiger partial charge in [-0.3, -0.25) is 4.79 Å². The van der Waals surface area contributed by atoms with Gasteiger partial charge in [-0.25, -0.2) is 9.78 Å².